The maximum absolute atomic E-state index is 10.0. The Bertz CT molecular complexity index is 5030. The molecule has 0 bridgehead atoms. The molecule has 0 amide bonds. The molecule has 2 aromatic heterocycles. The summed E-state index contributed by atoms with van der Waals surface area (Å²) in [5.41, 5.74) is -11.8. The zero-order chi connectivity index (χ0) is 65.9. The molecule has 2 heterocycles. The second kappa shape index (κ2) is 12.6. The topological polar surface area (TPSA) is 21.3 Å². The van der Waals surface area contributed by atoms with E-state index < -0.39 is 305 Å². The fraction of sp³-hybridized carbons (Fsp3) is 0. The molecule has 0 aliphatic heterocycles. The number of benzene rings is 9. The molecule has 0 unspecified atom stereocenters. The molecular weight excluding hydrogens is 669 g/mol. The van der Waals surface area contributed by atoms with E-state index in [2.05, 4.69) is 0 Å². The third-order valence-corrected chi connectivity index (χ3v) is 8.55. The minimum Gasteiger partial charge on any atom is -0.455 e. The molecule has 0 spiro atoms. The largest absolute Gasteiger partial charge is 0.455 e. The van der Waals surface area contributed by atoms with Gasteiger partial charge in [0.25, 0.3) is 0 Å². The molecule has 11 rings (SSSR count). The fourth-order valence-corrected chi connectivity index (χ4v) is 6.23. The van der Waals surface area contributed by atoms with Gasteiger partial charge in [-0.25, -0.2) is 0 Å². The SMILES string of the molecule is [2H]c1c([2H])c([2H])c(N(c2c([2H])c([2H])c(-c3c([2H])c([2H])c([2H])c4c([2H])c([2H])c([2H])c([2H])c34)c([2H])c2[2H])c2c([2H])c([2H])c3c(oc4c([2H])c([2H])c([2H])c([2H])c43)c2-c2c([2H])c([2H])c(-n3c4c([2H])c([2H])c([2H])c([2H])c4c4c([2H])c([2H])c([2H])c([2H])c43)c([2H])c2[2H])c([2H])c1[2H]. The van der Waals surface area contributed by atoms with Gasteiger partial charge in [-0.2, -0.15) is 0 Å². The van der Waals surface area contributed by atoms with Crippen LogP contribution in [-0.4, -0.2) is 4.57 Å². The highest BCUT2D eigenvalue weighted by molar-refractivity contribution is 6.13. The molecule has 0 saturated carbocycles. The molecule has 3 nitrogen and oxygen atoms in total. The Morgan fingerprint density at radius 2 is 1.00 bits per heavy atom. The number of fused-ring (bicyclic) bond motifs is 7. The highest BCUT2D eigenvalue weighted by atomic mass is 16.3. The van der Waals surface area contributed by atoms with Crippen molar-refractivity contribution in [3.05, 3.63) is 205 Å². The second-order valence-electron chi connectivity index (χ2n) is 11.5. The van der Waals surface area contributed by atoms with Crippen LogP contribution in [0.1, 0.15) is 46.6 Å². The standard InChI is InChI=1S/C52H34N2O/c1-2-15-38(16-3-1)53(39-29-25-36(26-30-39)42-21-12-14-35-13-4-5-17-41(35)42)49-34-33-46-45-20-8-11-24-50(45)55-52(46)51(49)37-27-31-40(32-28-37)54-47-22-9-6-18-43(47)44-19-7-10-23-48(44)54/h1-34H/i1D,2D,3D,4D,5D,6D,7D,8D,9D,10D,11D,12D,13D,14D,15D,16D,17D,18D,19D,20D,21D,22D,23D,24D,25D,26D,27D,28D,29D,30D,31D,32D,33D,34D. The van der Waals surface area contributed by atoms with Gasteiger partial charge in [0.05, 0.1) is 63.3 Å². The molecule has 0 radical (unpaired) electrons. The van der Waals surface area contributed by atoms with Crippen molar-refractivity contribution in [1.29, 1.82) is 0 Å². The van der Waals surface area contributed by atoms with Crippen molar-refractivity contribution in [3.63, 3.8) is 0 Å². The van der Waals surface area contributed by atoms with Crippen LogP contribution in [0.5, 0.6) is 0 Å². The Balaban J connectivity index is 1.39. The van der Waals surface area contributed by atoms with Crippen molar-refractivity contribution in [2.45, 2.75) is 0 Å². The molecule has 0 fully saturated rings. The average Bonchev–Trinajstić information content (AvgIpc) is 1.68. The lowest BCUT2D eigenvalue weighted by molar-refractivity contribution is 0.670. The molecule has 55 heavy (non-hydrogen) atoms. The zero-order valence-electron chi connectivity index (χ0n) is 61.3. The first-order chi connectivity index (χ1) is 41.4. The van der Waals surface area contributed by atoms with Gasteiger partial charge >= 0.3 is 0 Å². The van der Waals surface area contributed by atoms with Crippen LogP contribution in [-0.2, 0) is 0 Å². The minimum absolute atomic E-state index is 0.302. The van der Waals surface area contributed by atoms with Crippen LogP contribution in [0.3, 0.4) is 0 Å². The summed E-state index contributed by atoms with van der Waals surface area (Å²) in [6.45, 7) is 0. The fourth-order valence-electron chi connectivity index (χ4n) is 6.23. The Hall–Kier alpha value is -7.36. The van der Waals surface area contributed by atoms with E-state index in [0.717, 1.165) is 0 Å². The van der Waals surface area contributed by atoms with Crippen molar-refractivity contribution in [2.24, 2.45) is 0 Å². The van der Waals surface area contributed by atoms with Crippen molar-refractivity contribution in [2.75, 3.05) is 4.90 Å². The quantitative estimate of drug-likeness (QED) is 0.169. The lowest BCUT2D eigenvalue weighted by Gasteiger charge is -2.28. The van der Waals surface area contributed by atoms with Crippen LogP contribution < -0.4 is 4.90 Å². The van der Waals surface area contributed by atoms with Gasteiger partial charge in [-0.1, -0.05) is 139 Å². The van der Waals surface area contributed by atoms with Crippen LogP contribution in [0.4, 0.5) is 17.1 Å². The van der Waals surface area contributed by atoms with E-state index in [1.54, 1.807) is 0 Å². The third-order valence-electron chi connectivity index (χ3n) is 8.55. The Morgan fingerprint density at radius 3 is 1.75 bits per heavy atom. The molecule has 9 aromatic carbocycles. The number of furan rings is 1. The maximum Gasteiger partial charge on any atom is 0.145 e. The van der Waals surface area contributed by atoms with Gasteiger partial charge in [0.1, 0.15) is 11.2 Å². The number of anilines is 3. The maximum atomic E-state index is 10.0. The molecule has 0 N–H and O–H groups in total. The predicted octanol–water partition coefficient (Wildman–Crippen LogP) is 14.6. The van der Waals surface area contributed by atoms with Gasteiger partial charge in [-0.15, -0.1) is 0 Å². The summed E-state index contributed by atoms with van der Waals surface area (Å²) in [5.74, 6) is 0. The third kappa shape index (κ3) is 5.05. The van der Waals surface area contributed by atoms with Crippen LogP contribution in [0.2, 0.25) is 0 Å². The van der Waals surface area contributed by atoms with Gasteiger partial charge in [-0.3, -0.25) is 0 Å². The molecule has 0 aliphatic carbocycles. The summed E-state index contributed by atoms with van der Waals surface area (Å²) >= 11 is 0. The van der Waals surface area contributed by atoms with Crippen LogP contribution in [0.25, 0.3) is 82.5 Å². The van der Waals surface area contributed by atoms with Crippen LogP contribution in [0.15, 0.2) is 210 Å². The van der Waals surface area contributed by atoms with Gasteiger partial charge in [-0.05, 0) is 93.9 Å². The highest BCUT2D eigenvalue weighted by Gasteiger charge is 2.23. The van der Waals surface area contributed by atoms with E-state index in [9.17, 15) is 16.4 Å². The zero-order valence-corrected chi connectivity index (χ0v) is 27.3. The van der Waals surface area contributed by atoms with Crippen molar-refractivity contribution in [1.82, 2.24) is 4.57 Å². The van der Waals surface area contributed by atoms with E-state index in [4.69, 9.17) is 34.6 Å². The summed E-state index contributed by atoms with van der Waals surface area (Å²) < 4.78 is 316. The Labute approximate surface area is 366 Å². The van der Waals surface area contributed by atoms with Crippen molar-refractivity contribution >= 4 is 71.6 Å². The van der Waals surface area contributed by atoms with Crippen LogP contribution in [0, 0.1) is 0 Å². The van der Waals surface area contributed by atoms with E-state index in [-0.39, 0.29) is 0 Å². The number of nitrogens with zero attached hydrogens (tertiary/aromatic N) is 2. The normalized spacial score (nSPS) is 20.3. The predicted molar refractivity (Wildman–Crippen MR) is 231 cm³/mol. The average molecular weight is 737 g/mol. The summed E-state index contributed by atoms with van der Waals surface area (Å²) in [5, 5.41) is -3.90. The smallest absolute Gasteiger partial charge is 0.145 e. The van der Waals surface area contributed by atoms with E-state index in [1.807, 2.05) is 0 Å². The number of hydrogen-bond donors (Lipinski definition) is 0. The molecule has 3 heteroatoms. The van der Waals surface area contributed by atoms with Crippen molar-refractivity contribution in [3.8, 4) is 27.9 Å². The monoisotopic (exact) mass is 736 g/mol. The second-order valence-corrected chi connectivity index (χ2v) is 11.5. The lowest BCUT2D eigenvalue weighted by Crippen LogP contribution is -2.11. The molecule has 11 aromatic rings. The highest BCUT2D eigenvalue weighted by Crippen LogP contribution is 2.47. The summed E-state index contributed by atoms with van der Waals surface area (Å²) in [6.07, 6.45) is 0. The van der Waals surface area contributed by atoms with E-state index >= 15 is 0 Å². The lowest BCUT2D eigenvalue weighted by atomic mass is 9.97. The van der Waals surface area contributed by atoms with E-state index in [0.29, 0.717) is 9.47 Å². The van der Waals surface area contributed by atoms with Crippen molar-refractivity contribution < 1.29 is 51.0 Å². The summed E-state index contributed by atoms with van der Waals surface area (Å²) in [6, 6.07) is -36.4. The molecule has 0 aliphatic rings. The number of para-hydroxylation sites is 4. The Morgan fingerprint density at radius 1 is 0.418 bits per heavy atom. The van der Waals surface area contributed by atoms with E-state index in [1.165, 1.54) is 0 Å². The number of hydrogen-bond acceptors (Lipinski definition) is 2. The van der Waals surface area contributed by atoms with Gasteiger partial charge < -0.3 is 13.9 Å². The first-order valence-corrected chi connectivity index (χ1v) is 16.0. The number of aromatic nitrogens is 1. The van der Waals surface area contributed by atoms with Gasteiger partial charge in [0, 0.05) is 44.2 Å². The Kier molecular flexibility index (Phi) is 2.84. The number of rotatable bonds is 6. The van der Waals surface area contributed by atoms with Crippen LogP contribution >= 0.6 is 0 Å². The summed E-state index contributed by atoms with van der Waals surface area (Å²) in [7, 11) is 0. The van der Waals surface area contributed by atoms with Gasteiger partial charge in [0.2, 0.25) is 0 Å². The first-order valence-electron chi connectivity index (χ1n) is 33.0. The van der Waals surface area contributed by atoms with Gasteiger partial charge in [0.15, 0.2) is 0 Å². The molecular formula is C52H34N2O. The molecule has 0 saturated heterocycles. The first kappa shape index (κ1) is 12.3. The minimum atomic E-state index is -1.36. The summed E-state index contributed by atoms with van der Waals surface area (Å²) in [4.78, 5) is 0.302. The molecule has 0 atom stereocenters. The molecule has 258 valence electrons.